The second kappa shape index (κ2) is 8.97. The summed E-state index contributed by atoms with van der Waals surface area (Å²) < 4.78 is 30.8. The molecule has 3 aromatic rings. The zero-order valence-corrected chi connectivity index (χ0v) is 20.0. The Balaban J connectivity index is 1.53. The van der Waals surface area contributed by atoms with E-state index in [1.54, 1.807) is 30.3 Å². The molecule has 176 valence electrons. The molecule has 0 spiro atoms. The smallest absolute Gasteiger partial charge is 0.410 e. The molecular weight excluding hydrogens is 444 g/mol. The number of aromatic nitrogens is 4. The van der Waals surface area contributed by atoms with Gasteiger partial charge in [-0.1, -0.05) is 0 Å². The minimum atomic E-state index is -3.38. The average molecular weight is 473 g/mol. The monoisotopic (exact) mass is 472 g/mol. The van der Waals surface area contributed by atoms with Gasteiger partial charge in [-0.25, -0.2) is 28.2 Å². The Bertz CT molecular complexity index is 1280. The van der Waals surface area contributed by atoms with Crippen LogP contribution in [0.1, 0.15) is 44.1 Å². The fourth-order valence-electron chi connectivity index (χ4n) is 3.95. The van der Waals surface area contributed by atoms with Crippen LogP contribution in [0.25, 0.3) is 5.52 Å². The van der Waals surface area contributed by atoms with E-state index in [1.807, 2.05) is 24.4 Å². The van der Waals surface area contributed by atoms with E-state index in [9.17, 15) is 13.2 Å². The van der Waals surface area contributed by atoms with Crippen molar-refractivity contribution >= 4 is 33.0 Å². The van der Waals surface area contributed by atoms with Crippen LogP contribution in [-0.2, 0) is 14.6 Å². The van der Waals surface area contributed by atoms with Crippen molar-refractivity contribution in [1.82, 2.24) is 24.3 Å². The van der Waals surface area contributed by atoms with E-state index in [1.165, 1.54) is 6.07 Å². The van der Waals surface area contributed by atoms with Crippen LogP contribution in [0.3, 0.4) is 0 Å². The van der Waals surface area contributed by atoms with Crippen molar-refractivity contribution in [3.63, 3.8) is 0 Å². The van der Waals surface area contributed by atoms with Gasteiger partial charge in [0.15, 0.2) is 20.7 Å². The summed E-state index contributed by atoms with van der Waals surface area (Å²) in [5.41, 5.74) is 2.03. The first-order valence-electron chi connectivity index (χ1n) is 10.9. The van der Waals surface area contributed by atoms with Gasteiger partial charge in [-0.3, -0.25) is 4.40 Å². The molecular formula is C22H28N6O4S. The molecule has 1 aliphatic heterocycles. The third-order valence-electron chi connectivity index (χ3n) is 5.64. The summed E-state index contributed by atoms with van der Waals surface area (Å²) in [6.07, 6.45) is 7.68. The minimum Gasteiger partial charge on any atom is -0.447 e. The molecule has 1 fully saturated rings. The molecule has 0 aliphatic carbocycles. The summed E-state index contributed by atoms with van der Waals surface area (Å²) in [6.45, 7) is 6.69. The molecule has 1 aliphatic rings. The highest BCUT2D eigenvalue weighted by molar-refractivity contribution is 7.90. The zero-order valence-electron chi connectivity index (χ0n) is 19.1. The predicted molar refractivity (Wildman–Crippen MR) is 124 cm³/mol. The number of nitrogens with one attached hydrogen (secondary N) is 1. The first kappa shape index (κ1) is 23.0. The lowest BCUT2D eigenvalue weighted by Crippen LogP contribution is -2.39. The SMILES string of the molecule is Cc1nc(S(C)(=O)=O)ccc1Nc1nccn2c(C3CCN(C(=O)OC(C)C)CC3)ncc12. The van der Waals surface area contributed by atoms with E-state index in [0.717, 1.165) is 30.4 Å². The molecule has 3 aromatic heterocycles. The number of piperidine rings is 1. The van der Waals surface area contributed by atoms with Crippen LogP contribution in [0, 0.1) is 6.92 Å². The lowest BCUT2D eigenvalue weighted by molar-refractivity contribution is 0.0688. The minimum absolute atomic E-state index is 0.0342. The topological polar surface area (TPSA) is 119 Å². The van der Waals surface area contributed by atoms with Crippen molar-refractivity contribution in [2.75, 3.05) is 24.7 Å². The molecule has 0 saturated carbocycles. The predicted octanol–water partition coefficient (Wildman–Crippen LogP) is 3.30. The maximum atomic E-state index is 12.2. The van der Waals surface area contributed by atoms with Crippen LogP contribution in [0.5, 0.6) is 0 Å². The second-order valence-corrected chi connectivity index (χ2v) is 10.5. The second-order valence-electron chi connectivity index (χ2n) is 8.52. The Morgan fingerprint density at radius 2 is 1.94 bits per heavy atom. The molecule has 33 heavy (non-hydrogen) atoms. The number of carbonyl (C=O) groups excluding carboxylic acids is 1. The quantitative estimate of drug-likeness (QED) is 0.601. The fourth-order valence-corrected chi connectivity index (χ4v) is 4.56. The lowest BCUT2D eigenvalue weighted by Gasteiger charge is -2.31. The van der Waals surface area contributed by atoms with Gasteiger partial charge >= 0.3 is 6.09 Å². The number of fused-ring (bicyclic) bond motifs is 1. The van der Waals surface area contributed by atoms with E-state index in [2.05, 4.69) is 20.3 Å². The Hall–Kier alpha value is -3.21. The average Bonchev–Trinajstić information content (AvgIpc) is 3.19. The molecule has 0 radical (unpaired) electrons. The number of sulfone groups is 1. The molecule has 0 aromatic carbocycles. The molecule has 0 unspecified atom stereocenters. The number of anilines is 2. The number of hydrogen-bond acceptors (Lipinski definition) is 8. The molecule has 4 heterocycles. The van der Waals surface area contributed by atoms with Gasteiger partial charge in [0.2, 0.25) is 0 Å². The summed E-state index contributed by atoms with van der Waals surface area (Å²) >= 11 is 0. The zero-order chi connectivity index (χ0) is 23.8. The third kappa shape index (κ3) is 4.92. The van der Waals surface area contributed by atoms with E-state index < -0.39 is 9.84 Å². The summed E-state index contributed by atoms with van der Waals surface area (Å²) in [5.74, 6) is 1.74. The molecule has 0 bridgehead atoms. The number of ether oxygens (including phenoxy) is 1. The fraction of sp³-hybridized carbons (Fsp3) is 0.455. The van der Waals surface area contributed by atoms with Gasteiger partial charge in [-0.15, -0.1) is 0 Å². The molecule has 11 heteroatoms. The molecule has 1 amide bonds. The van der Waals surface area contributed by atoms with Gasteiger partial charge in [0, 0.05) is 37.7 Å². The van der Waals surface area contributed by atoms with Gasteiger partial charge in [0.05, 0.1) is 23.7 Å². The van der Waals surface area contributed by atoms with E-state index >= 15 is 0 Å². The number of amides is 1. The third-order valence-corrected chi connectivity index (χ3v) is 6.62. The number of likely N-dealkylation sites (tertiary alicyclic amines) is 1. The molecule has 1 saturated heterocycles. The van der Waals surface area contributed by atoms with E-state index in [-0.39, 0.29) is 23.1 Å². The van der Waals surface area contributed by atoms with Crippen molar-refractivity contribution in [1.29, 1.82) is 0 Å². The first-order chi connectivity index (χ1) is 15.6. The summed E-state index contributed by atoms with van der Waals surface area (Å²) in [7, 11) is -3.38. The van der Waals surface area contributed by atoms with Gasteiger partial charge in [0.1, 0.15) is 11.3 Å². The Morgan fingerprint density at radius 3 is 2.58 bits per heavy atom. The Morgan fingerprint density at radius 1 is 1.21 bits per heavy atom. The van der Waals surface area contributed by atoms with Gasteiger partial charge in [0.25, 0.3) is 0 Å². The molecule has 10 nitrogen and oxygen atoms in total. The molecule has 4 rings (SSSR count). The standard InChI is InChI=1S/C22H28N6O4S/c1-14(2)32-22(29)27-10-7-16(8-11-27)21-24-13-18-20(23-9-12-28(18)21)26-17-5-6-19(25-15(17)3)33(4,30)31/h5-6,9,12-14,16H,7-8,10-11H2,1-4H3,(H,23,26). The number of rotatable bonds is 5. The maximum Gasteiger partial charge on any atom is 0.410 e. The van der Waals surface area contributed by atoms with E-state index in [0.29, 0.717) is 30.3 Å². The largest absolute Gasteiger partial charge is 0.447 e. The number of carbonyl (C=O) groups is 1. The van der Waals surface area contributed by atoms with Crippen molar-refractivity contribution < 1.29 is 17.9 Å². The normalized spacial score (nSPS) is 15.2. The van der Waals surface area contributed by atoms with Crippen LogP contribution in [-0.4, -0.2) is 64.2 Å². The summed E-state index contributed by atoms with van der Waals surface area (Å²) in [6, 6.07) is 3.16. The first-order valence-corrected chi connectivity index (χ1v) is 12.7. The van der Waals surface area contributed by atoms with Crippen molar-refractivity contribution in [3.8, 4) is 0 Å². The van der Waals surface area contributed by atoms with Crippen molar-refractivity contribution in [3.05, 3.63) is 42.2 Å². The summed E-state index contributed by atoms with van der Waals surface area (Å²) in [5, 5.41) is 3.29. The lowest BCUT2D eigenvalue weighted by atomic mass is 9.96. The summed E-state index contributed by atoms with van der Waals surface area (Å²) in [4.78, 5) is 27.2. The van der Waals surface area contributed by atoms with Gasteiger partial charge in [-0.2, -0.15) is 0 Å². The highest BCUT2D eigenvalue weighted by Gasteiger charge is 2.28. The Labute approximate surface area is 192 Å². The van der Waals surface area contributed by atoms with Crippen molar-refractivity contribution in [2.45, 2.75) is 50.7 Å². The van der Waals surface area contributed by atoms with Crippen LogP contribution >= 0.6 is 0 Å². The number of pyridine rings is 1. The van der Waals surface area contributed by atoms with E-state index in [4.69, 9.17) is 4.74 Å². The number of imidazole rings is 1. The van der Waals surface area contributed by atoms with Gasteiger partial charge in [-0.05, 0) is 45.7 Å². The highest BCUT2D eigenvalue weighted by atomic mass is 32.2. The highest BCUT2D eigenvalue weighted by Crippen LogP contribution is 2.30. The van der Waals surface area contributed by atoms with Crippen LogP contribution in [0.4, 0.5) is 16.3 Å². The van der Waals surface area contributed by atoms with Crippen LogP contribution in [0.2, 0.25) is 0 Å². The van der Waals surface area contributed by atoms with Crippen molar-refractivity contribution in [2.24, 2.45) is 0 Å². The number of hydrogen-bond donors (Lipinski definition) is 1. The Kier molecular flexibility index (Phi) is 6.24. The number of aryl methyl sites for hydroxylation is 1. The molecule has 1 N–H and O–H groups in total. The van der Waals surface area contributed by atoms with Crippen LogP contribution < -0.4 is 5.32 Å². The van der Waals surface area contributed by atoms with Crippen LogP contribution in [0.15, 0.2) is 35.7 Å². The maximum absolute atomic E-state index is 12.2. The van der Waals surface area contributed by atoms with Gasteiger partial charge < -0.3 is 15.0 Å². The number of nitrogens with zero attached hydrogens (tertiary/aromatic N) is 5. The molecule has 0 atom stereocenters.